The fourth-order valence-electron chi connectivity index (χ4n) is 1.43. The Labute approximate surface area is 113 Å². The van der Waals surface area contributed by atoms with Crippen LogP contribution in [0.4, 0.5) is 0 Å². The van der Waals surface area contributed by atoms with Crippen LogP contribution >= 0.6 is 11.6 Å². The van der Waals surface area contributed by atoms with Gasteiger partial charge in [0.05, 0.1) is 13.4 Å². The van der Waals surface area contributed by atoms with E-state index in [4.69, 9.17) is 16.3 Å². The maximum absolute atomic E-state index is 10.8. The smallest absolute Gasteiger partial charge is 0.208 e. The maximum Gasteiger partial charge on any atom is 0.208 e. The highest BCUT2D eigenvalue weighted by atomic mass is 35.5. The Morgan fingerprint density at radius 3 is 2.67 bits per heavy atom. The summed E-state index contributed by atoms with van der Waals surface area (Å²) in [5, 5.41) is 3.75. The lowest BCUT2D eigenvalue weighted by atomic mass is 10.2. The van der Waals surface area contributed by atoms with Crippen LogP contribution in [0, 0.1) is 0 Å². The first-order valence-electron chi connectivity index (χ1n) is 5.40. The number of nitrogens with one attached hydrogen (secondary N) is 2. The summed E-state index contributed by atoms with van der Waals surface area (Å²) in [6.07, 6.45) is 1.13. The van der Waals surface area contributed by atoms with E-state index in [0.717, 1.165) is 17.6 Å². The number of hydrogen-bond donors (Lipinski definition) is 2. The van der Waals surface area contributed by atoms with E-state index >= 15 is 0 Å². The molecule has 0 amide bonds. The quantitative estimate of drug-likeness (QED) is 0.736. The summed E-state index contributed by atoms with van der Waals surface area (Å²) in [5.74, 6) is 0.753. The Morgan fingerprint density at radius 2 is 2.06 bits per heavy atom. The summed E-state index contributed by atoms with van der Waals surface area (Å²) >= 11 is 5.90. The van der Waals surface area contributed by atoms with Crippen molar-refractivity contribution in [3.63, 3.8) is 0 Å². The third kappa shape index (κ3) is 5.68. The molecule has 1 aromatic carbocycles. The van der Waals surface area contributed by atoms with Crippen LogP contribution in [0.1, 0.15) is 5.56 Å². The van der Waals surface area contributed by atoms with E-state index in [1.165, 1.54) is 0 Å². The maximum atomic E-state index is 10.8. The monoisotopic (exact) mass is 292 g/mol. The van der Waals surface area contributed by atoms with E-state index in [-0.39, 0.29) is 0 Å². The fourth-order valence-corrected chi connectivity index (χ4v) is 2.10. The molecular weight excluding hydrogens is 276 g/mol. The topological polar surface area (TPSA) is 67.4 Å². The SMILES string of the molecule is COc1ccc(Cl)cc1CNCCNS(C)(=O)=O. The van der Waals surface area contributed by atoms with Gasteiger partial charge in [0, 0.05) is 30.2 Å². The van der Waals surface area contributed by atoms with Gasteiger partial charge in [0.15, 0.2) is 0 Å². The predicted molar refractivity (Wildman–Crippen MR) is 72.6 cm³/mol. The third-order valence-electron chi connectivity index (χ3n) is 2.22. The molecule has 0 spiro atoms. The van der Waals surface area contributed by atoms with Crippen molar-refractivity contribution < 1.29 is 13.2 Å². The molecule has 0 aliphatic carbocycles. The van der Waals surface area contributed by atoms with Gasteiger partial charge in [-0.15, -0.1) is 0 Å². The molecule has 0 unspecified atom stereocenters. The van der Waals surface area contributed by atoms with Crippen LogP contribution in [0.3, 0.4) is 0 Å². The Hall–Kier alpha value is -0.820. The van der Waals surface area contributed by atoms with Crippen molar-refractivity contribution in [2.45, 2.75) is 6.54 Å². The van der Waals surface area contributed by atoms with Crippen LogP contribution in [0.15, 0.2) is 18.2 Å². The lowest BCUT2D eigenvalue weighted by Gasteiger charge is -2.10. The number of ether oxygens (including phenoxy) is 1. The van der Waals surface area contributed by atoms with Crippen LogP contribution < -0.4 is 14.8 Å². The van der Waals surface area contributed by atoms with Crippen molar-refractivity contribution in [1.29, 1.82) is 0 Å². The van der Waals surface area contributed by atoms with Crippen molar-refractivity contribution in [3.05, 3.63) is 28.8 Å². The number of hydrogen-bond acceptors (Lipinski definition) is 4. The molecule has 1 aromatic rings. The molecule has 1 rings (SSSR count). The third-order valence-corrected chi connectivity index (χ3v) is 3.19. The van der Waals surface area contributed by atoms with Gasteiger partial charge in [-0.25, -0.2) is 13.1 Å². The molecule has 0 saturated heterocycles. The van der Waals surface area contributed by atoms with E-state index in [9.17, 15) is 8.42 Å². The van der Waals surface area contributed by atoms with Crippen molar-refractivity contribution in [3.8, 4) is 5.75 Å². The van der Waals surface area contributed by atoms with Crippen molar-refractivity contribution in [2.24, 2.45) is 0 Å². The van der Waals surface area contributed by atoms with Gasteiger partial charge in [0.2, 0.25) is 10.0 Å². The first kappa shape index (κ1) is 15.2. The number of halogens is 1. The fraction of sp³-hybridized carbons (Fsp3) is 0.455. The Bertz CT molecular complexity index is 491. The second kappa shape index (κ2) is 6.94. The van der Waals surface area contributed by atoms with Crippen molar-refractivity contribution in [1.82, 2.24) is 10.0 Å². The zero-order valence-corrected chi connectivity index (χ0v) is 11.9. The lowest BCUT2D eigenvalue weighted by Crippen LogP contribution is -2.30. The number of sulfonamides is 1. The highest BCUT2D eigenvalue weighted by Gasteiger charge is 2.04. The molecule has 0 bridgehead atoms. The lowest BCUT2D eigenvalue weighted by molar-refractivity contribution is 0.408. The molecule has 0 aliphatic rings. The van der Waals surface area contributed by atoms with Gasteiger partial charge in [-0.3, -0.25) is 0 Å². The molecular formula is C11H17ClN2O3S. The van der Waals surface area contributed by atoms with E-state index in [1.807, 2.05) is 6.07 Å². The van der Waals surface area contributed by atoms with Crippen molar-refractivity contribution in [2.75, 3.05) is 26.5 Å². The summed E-state index contributed by atoms with van der Waals surface area (Å²) in [7, 11) is -1.53. The van der Waals surface area contributed by atoms with E-state index in [1.54, 1.807) is 19.2 Å². The van der Waals surface area contributed by atoms with Gasteiger partial charge >= 0.3 is 0 Å². The molecule has 2 N–H and O–H groups in total. The van der Waals surface area contributed by atoms with Crippen LogP contribution in [0.2, 0.25) is 5.02 Å². The summed E-state index contributed by atoms with van der Waals surface area (Å²) in [6, 6.07) is 5.38. The number of methoxy groups -OCH3 is 1. The van der Waals surface area contributed by atoms with Gasteiger partial charge in [0.25, 0.3) is 0 Å². The van der Waals surface area contributed by atoms with Gasteiger partial charge in [0.1, 0.15) is 5.75 Å². The second-order valence-corrected chi connectivity index (χ2v) is 6.07. The normalized spacial score (nSPS) is 11.5. The molecule has 5 nitrogen and oxygen atoms in total. The average molecular weight is 293 g/mol. The standard InChI is InChI=1S/C11H17ClN2O3S/c1-17-11-4-3-10(12)7-9(11)8-13-5-6-14-18(2,15)16/h3-4,7,13-14H,5-6,8H2,1-2H3. The summed E-state index contributed by atoms with van der Waals surface area (Å²) < 4.78 is 29.3. The predicted octanol–water partition coefficient (Wildman–Crippen LogP) is 0.987. The molecule has 7 heteroatoms. The van der Waals surface area contributed by atoms with Crippen LogP contribution in [0.25, 0.3) is 0 Å². The Morgan fingerprint density at radius 1 is 1.33 bits per heavy atom. The minimum absolute atomic E-state index is 0.349. The molecule has 0 heterocycles. The van der Waals surface area contributed by atoms with Gasteiger partial charge in [-0.2, -0.15) is 0 Å². The van der Waals surface area contributed by atoms with E-state index in [2.05, 4.69) is 10.0 Å². The Kier molecular flexibility index (Phi) is 5.87. The molecule has 0 radical (unpaired) electrons. The minimum atomic E-state index is -3.12. The van der Waals surface area contributed by atoms with Crippen molar-refractivity contribution >= 4 is 21.6 Å². The second-order valence-electron chi connectivity index (χ2n) is 3.80. The number of benzene rings is 1. The zero-order valence-electron chi connectivity index (χ0n) is 10.4. The molecule has 0 fully saturated rings. The number of rotatable bonds is 7. The van der Waals surface area contributed by atoms with Crippen LogP contribution in [0.5, 0.6) is 5.75 Å². The van der Waals surface area contributed by atoms with E-state index in [0.29, 0.717) is 24.7 Å². The highest BCUT2D eigenvalue weighted by Crippen LogP contribution is 2.22. The minimum Gasteiger partial charge on any atom is -0.496 e. The first-order valence-corrected chi connectivity index (χ1v) is 7.67. The summed E-state index contributed by atoms with van der Waals surface area (Å²) in [5.41, 5.74) is 0.935. The van der Waals surface area contributed by atoms with Gasteiger partial charge in [-0.05, 0) is 18.2 Å². The first-order chi connectivity index (χ1) is 8.42. The summed E-state index contributed by atoms with van der Waals surface area (Å²) in [4.78, 5) is 0. The molecule has 0 atom stereocenters. The van der Waals surface area contributed by atoms with Crippen LogP contribution in [-0.2, 0) is 16.6 Å². The van der Waals surface area contributed by atoms with Gasteiger partial charge in [-0.1, -0.05) is 11.6 Å². The van der Waals surface area contributed by atoms with Gasteiger partial charge < -0.3 is 10.1 Å². The molecule has 18 heavy (non-hydrogen) atoms. The highest BCUT2D eigenvalue weighted by molar-refractivity contribution is 7.88. The largest absolute Gasteiger partial charge is 0.496 e. The molecule has 0 saturated carbocycles. The molecule has 0 aromatic heterocycles. The van der Waals surface area contributed by atoms with Crippen LogP contribution in [-0.4, -0.2) is 34.9 Å². The van der Waals surface area contributed by atoms with E-state index < -0.39 is 10.0 Å². The summed E-state index contributed by atoms with van der Waals surface area (Å²) in [6.45, 7) is 1.44. The molecule has 102 valence electrons. The average Bonchev–Trinajstić information content (AvgIpc) is 2.27. The molecule has 0 aliphatic heterocycles. The zero-order chi connectivity index (χ0) is 13.6. The Balaban J connectivity index is 2.41.